The van der Waals surface area contributed by atoms with Crippen LogP contribution in [0.4, 0.5) is 0 Å². The van der Waals surface area contributed by atoms with Gasteiger partial charge in [-0.1, -0.05) is 6.92 Å². The Morgan fingerprint density at radius 3 is 2.67 bits per heavy atom. The van der Waals surface area contributed by atoms with E-state index < -0.39 is 0 Å². The molecule has 0 aliphatic heterocycles. The van der Waals surface area contributed by atoms with E-state index in [1.165, 1.54) is 0 Å². The molecule has 0 fully saturated rings. The van der Waals surface area contributed by atoms with Crippen molar-refractivity contribution in [3.05, 3.63) is 35.8 Å². The molecular formula is C12H13NOS. The number of hydrogen-bond donors (Lipinski definition) is 0. The molecular weight excluding hydrogens is 206 g/mol. The molecule has 0 bridgehead atoms. The second kappa shape index (κ2) is 4.94. The number of benzene rings is 1. The molecule has 2 aromatic rings. The molecule has 2 nitrogen and oxygen atoms in total. The Morgan fingerprint density at radius 1 is 1.27 bits per heavy atom. The average Bonchev–Trinajstić information content (AvgIpc) is 2.80. The van der Waals surface area contributed by atoms with Crippen LogP contribution in [-0.4, -0.2) is 11.6 Å². The second-order valence-electron chi connectivity index (χ2n) is 3.21. The molecule has 78 valence electrons. The zero-order valence-electron chi connectivity index (χ0n) is 8.64. The molecule has 2 rings (SSSR count). The Bertz CT molecular complexity index is 394. The highest BCUT2D eigenvalue weighted by Gasteiger charge is 2.00. The van der Waals surface area contributed by atoms with E-state index in [9.17, 15) is 0 Å². The van der Waals surface area contributed by atoms with Gasteiger partial charge in [0.2, 0.25) is 0 Å². The molecule has 0 radical (unpaired) electrons. The van der Waals surface area contributed by atoms with E-state index in [0.717, 1.165) is 29.3 Å². The van der Waals surface area contributed by atoms with E-state index in [2.05, 4.69) is 11.9 Å². The summed E-state index contributed by atoms with van der Waals surface area (Å²) in [5.41, 5.74) is 1.15. The van der Waals surface area contributed by atoms with Crippen molar-refractivity contribution in [3.8, 4) is 16.3 Å². The third kappa shape index (κ3) is 2.57. The lowest BCUT2D eigenvalue weighted by Gasteiger charge is -2.04. The summed E-state index contributed by atoms with van der Waals surface area (Å²) in [6, 6.07) is 8.08. The first-order chi connectivity index (χ1) is 7.40. The van der Waals surface area contributed by atoms with Gasteiger partial charge in [-0.15, -0.1) is 11.3 Å². The maximum Gasteiger partial charge on any atom is 0.123 e. The molecule has 1 heterocycles. The molecule has 0 unspecified atom stereocenters. The van der Waals surface area contributed by atoms with Crippen LogP contribution in [0.3, 0.4) is 0 Å². The first-order valence-corrected chi connectivity index (χ1v) is 5.91. The van der Waals surface area contributed by atoms with Crippen LogP contribution in [0.15, 0.2) is 35.8 Å². The smallest absolute Gasteiger partial charge is 0.123 e. The minimum Gasteiger partial charge on any atom is -0.494 e. The summed E-state index contributed by atoms with van der Waals surface area (Å²) in [4.78, 5) is 4.26. The predicted octanol–water partition coefficient (Wildman–Crippen LogP) is 3.60. The molecule has 0 aliphatic carbocycles. The molecule has 0 N–H and O–H groups in total. The number of ether oxygens (including phenoxy) is 1. The molecule has 0 spiro atoms. The van der Waals surface area contributed by atoms with Crippen molar-refractivity contribution < 1.29 is 4.74 Å². The summed E-state index contributed by atoms with van der Waals surface area (Å²) >= 11 is 1.65. The van der Waals surface area contributed by atoms with Gasteiger partial charge in [-0.05, 0) is 30.7 Å². The number of hydrogen-bond acceptors (Lipinski definition) is 3. The monoisotopic (exact) mass is 219 g/mol. The van der Waals surface area contributed by atoms with E-state index in [-0.39, 0.29) is 0 Å². The fraction of sp³-hybridized carbons (Fsp3) is 0.250. The van der Waals surface area contributed by atoms with Crippen molar-refractivity contribution in [2.45, 2.75) is 13.3 Å². The molecule has 15 heavy (non-hydrogen) atoms. The minimum atomic E-state index is 0.774. The lowest BCUT2D eigenvalue weighted by atomic mass is 10.2. The summed E-state index contributed by atoms with van der Waals surface area (Å²) in [5, 5.41) is 3.04. The minimum absolute atomic E-state index is 0.774. The molecule has 0 aliphatic rings. The van der Waals surface area contributed by atoms with Gasteiger partial charge >= 0.3 is 0 Å². The van der Waals surface area contributed by atoms with E-state index >= 15 is 0 Å². The zero-order chi connectivity index (χ0) is 10.5. The Morgan fingerprint density at radius 2 is 2.07 bits per heavy atom. The third-order valence-electron chi connectivity index (χ3n) is 2.01. The summed E-state index contributed by atoms with van der Waals surface area (Å²) in [7, 11) is 0. The highest BCUT2D eigenvalue weighted by molar-refractivity contribution is 7.13. The fourth-order valence-electron chi connectivity index (χ4n) is 1.28. The Kier molecular flexibility index (Phi) is 3.35. The predicted molar refractivity (Wildman–Crippen MR) is 63.3 cm³/mol. The van der Waals surface area contributed by atoms with Crippen molar-refractivity contribution in [1.29, 1.82) is 0 Å². The van der Waals surface area contributed by atoms with Crippen LogP contribution in [0.1, 0.15) is 13.3 Å². The summed E-state index contributed by atoms with van der Waals surface area (Å²) in [6.07, 6.45) is 2.86. The van der Waals surface area contributed by atoms with Crippen LogP contribution in [0.2, 0.25) is 0 Å². The van der Waals surface area contributed by atoms with Gasteiger partial charge in [-0.2, -0.15) is 0 Å². The lowest BCUT2D eigenvalue weighted by Crippen LogP contribution is -1.94. The van der Waals surface area contributed by atoms with Gasteiger partial charge in [0, 0.05) is 17.1 Å². The van der Waals surface area contributed by atoms with Crippen molar-refractivity contribution in [2.24, 2.45) is 0 Å². The highest BCUT2D eigenvalue weighted by atomic mass is 32.1. The van der Waals surface area contributed by atoms with Gasteiger partial charge in [-0.3, -0.25) is 0 Å². The highest BCUT2D eigenvalue weighted by Crippen LogP contribution is 2.23. The van der Waals surface area contributed by atoms with Crippen molar-refractivity contribution >= 4 is 11.3 Å². The van der Waals surface area contributed by atoms with Crippen LogP contribution in [0, 0.1) is 0 Å². The van der Waals surface area contributed by atoms with Gasteiger partial charge in [-0.25, -0.2) is 4.98 Å². The van der Waals surface area contributed by atoms with Crippen molar-refractivity contribution in [1.82, 2.24) is 4.98 Å². The van der Waals surface area contributed by atoms with E-state index in [0.29, 0.717) is 0 Å². The number of rotatable bonds is 4. The lowest BCUT2D eigenvalue weighted by molar-refractivity contribution is 0.317. The maximum absolute atomic E-state index is 5.51. The molecule has 0 amide bonds. The summed E-state index contributed by atoms with van der Waals surface area (Å²) in [5.74, 6) is 0.928. The van der Waals surface area contributed by atoms with Crippen LogP contribution < -0.4 is 4.74 Å². The van der Waals surface area contributed by atoms with Gasteiger partial charge in [0.1, 0.15) is 10.8 Å². The van der Waals surface area contributed by atoms with Crippen molar-refractivity contribution in [2.75, 3.05) is 6.61 Å². The Balaban J connectivity index is 2.11. The van der Waals surface area contributed by atoms with E-state index in [1.54, 1.807) is 11.3 Å². The molecule has 0 saturated carbocycles. The van der Waals surface area contributed by atoms with Crippen LogP contribution in [-0.2, 0) is 0 Å². The summed E-state index contributed by atoms with van der Waals surface area (Å²) < 4.78 is 5.51. The molecule has 1 aromatic heterocycles. The van der Waals surface area contributed by atoms with Gasteiger partial charge in [0.25, 0.3) is 0 Å². The van der Waals surface area contributed by atoms with E-state index in [1.807, 2.05) is 35.8 Å². The Labute approximate surface area is 93.6 Å². The van der Waals surface area contributed by atoms with Crippen LogP contribution in [0.5, 0.6) is 5.75 Å². The first-order valence-electron chi connectivity index (χ1n) is 5.03. The third-order valence-corrected chi connectivity index (χ3v) is 2.83. The van der Waals surface area contributed by atoms with Gasteiger partial charge < -0.3 is 4.74 Å². The van der Waals surface area contributed by atoms with Crippen LogP contribution in [0.25, 0.3) is 10.6 Å². The Hall–Kier alpha value is -1.35. The van der Waals surface area contributed by atoms with Crippen molar-refractivity contribution in [3.63, 3.8) is 0 Å². The van der Waals surface area contributed by atoms with Gasteiger partial charge in [0.05, 0.1) is 6.61 Å². The standard InChI is InChI=1S/C12H13NOS/c1-2-8-14-11-5-3-10(4-6-11)12-13-7-9-15-12/h3-7,9H,2,8H2,1H3. The normalized spacial score (nSPS) is 10.2. The van der Waals surface area contributed by atoms with Crippen LogP contribution >= 0.6 is 11.3 Å². The average molecular weight is 219 g/mol. The summed E-state index contributed by atoms with van der Waals surface area (Å²) in [6.45, 7) is 2.88. The number of aromatic nitrogens is 1. The SMILES string of the molecule is CCCOc1ccc(-c2nccs2)cc1. The topological polar surface area (TPSA) is 22.1 Å². The van der Waals surface area contributed by atoms with Gasteiger partial charge in [0.15, 0.2) is 0 Å². The molecule has 0 saturated heterocycles. The number of nitrogens with zero attached hydrogens (tertiary/aromatic N) is 1. The second-order valence-corrected chi connectivity index (χ2v) is 4.10. The quantitative estimate of drug-likeness (QED) is 0.783. The zero-order valence-corrected chi connectivity index (χ0v) is 9.46. The maximum atomic E-state index is 5.51. The first kappa shape index (κ1) is 10.2. The molecule has 0 atom stereocenters. The molecule has 1 aromatic carbocycles. The largest absolute Gasteiger partial charge is 0.494 e. The number of thiazole rings is 1. The fourth-order valence-corrected chi connectivity index (χ4v) is 1.92. The molecule has 3 heteroatoms. The van der Waals surface area contributed by atoms with E-state index in [4.69, 9.17) is 4.74 Å².